The normalized spacial score (nSPS) is 16.8. The van der Waals surface area contributed by atoms with Crippen LogP contribution in [0.15, 0.2) is 24.3 Å². The molecule has 0 aliphatic heterocycles. The van der Waals surface area contributed by atoms with Crippen molar-refractivity contribution in [3.05, 3.63) is 35.5 Å². The molecule has 19 heavy (non-hydrogen) atoms. The van der Waals surface area contributed by atoms with Crippen LogP contribution in [0.25, 0.3) is 10.9 Å². The lowest BCUT2D eigenvalue weighted by Crippen LogP contribution is -2.42. The highest BCUT2D eigenvalue weighted by molar-refractivity contribution is 5.98. The summed E-state index contributed by atoms with van der Waals surface area (Å²) >= 11 is 0. The monoisotopic (exact) mass is 257 g/mol. The van der Waals surface area contributed by atoms with Crippen molar-refractivity contribution in [1.29, 1.82) is 0 Å². The summed E-state index contributed by atoms with van der Waals surface area (Å²) in [7, 11) is 3.69. The van der Waals surface area contributed by atoms with Gasteiger partial charge in [0, 0.05) is 30.7 Å². The number of H-pyrrole nitrogens is 1. The van der Waals surface area contributed by atoms with Crippen molar-refractivity contribution in [2.75, 3.05) is 14.1 Å². The van der Waals surface area contributed by atoms with Gasteiger partial charge in [0.05, 0.1) is 5.41 Å². The van der Waals surface area contributed by atoms with Crippen LogP contribution in [-0.2, 0) is 10.2 Å². The van der Waals surface area contributed by atoms with E-state index < -0.39 is 0 Å². The second-order valence-electron chi connectivity index (χ2n) is 5.59. The molecule has 100 valence electrons. The molecule has 0 bridgehead atoms. The predicted molar refractivity (Wildman–Crippen MR) is 75.8 cm³/mol. The fourth-order valence-corrected chi connectivity index (χ4v) is 2.92. The second kappa shape index (κ2) is 4.10. The molecule has 0 radical (unpaired) electrons. The molecule has 4 heteroatoms. The highest BCUT2D eigenvalue weighted by atomic mass is 16.2. The molecule has 1 fully saturated rings. The average Bonchev–Trinajstić information content (AvgIpc) is 3.06. The molecule has 1 amide bonds. The van der Waals surface area contributed by atoms with Gasteiger partial charge in [-0.1, -0.05) is 18.2 Å². The maximum atomic E-state index is 12.5. The molecule has 0 atom stereocenters. The summed E-state index contributed by atoms with van der Waals surface area (Å²) in [5.74, 6) is 0.102. The molecule has 0 unspecified atom stereocenters. The van der Waals surface area contributed by atoms with E-state index in [9.17, 15) is 4.79 Å². The third kappa shape index (κ3) is 1.83. The molecule has 1 saturated carbocycles. The lowest BCUT2D eigenvalue weighted by molar-refractivity contribution is -0.127. The van der Waals surface area contributed by atoms with Gasteiger partial charge in [-0.3, -0.25) is 10.2 Å². The van der Waals surface area contributed by atoms with E-state index in [1.54, 1.807) is 5.01 Å². The first-order chi connectivity index (χ1) is 9.04. The Morgan fingerprint density at radius 3 is 2.63 bits per heavy atom. The van der Waals surface area contributed by atoms with E-state index in [1.807, 2.05) is 26.2 Å². The first kappa shape index (κ1) is 12.2. The fraction of sp³-hybridized carbons (Fsp3) is 0.400. The number of hydrogen-bond donors (Lipinski definition) is 2. The molecular weight excluding hydrogens is 238 g/mol. The number of nitrogens with zero attached hydrogens (tertiary/aromatic N) is 1. The number of para-hydroxylation sites is 1. The Kier molecular flexibility index (Phi) is 2.64. The van der Waals surface area contributed by atoms with Crippen molar-refractivity contribution in [3.8, 4) is 0 Å². The van der Waals surface area contributed by atoms with Crippen LogP contribution in [0.5, 0.6) is 0 Å². The molecule has 4 nitrogen and oxygen atoms in total. The third-order valence-electron chi connectivity index (χ3n) is 3.88. The molecule has 1 aliphatic rings. The minimum absolute atomic E-state index is 0.102. The first-order valence-electron chi connectivity index (χ1n) is 6.61. The Morgan fingerprint density at radius 1 is 1.32 bits per heavy atom. The largest absolute Gasteiger partial charge is 0.358 e. The van der Waals surface area contributed by atoms with E-state index in [0.29, 0.717) is 0 Å². The number of rotatable bonds is 3. The molecule has 1 heterocycles. The van der Waals surface area contributed by atoms with Gasteiger partial charge in [-0.25, -0.2) is 5.01 Å². The lowest BCUT2D eigenvalue weighted by atomic mass is 9.92. The number of aryl methyl sites for hydroxylation is 1. The SMILES string of the molecule is Cc1[nH]c2ccccc2c1C1(C(=O)NN(C)C)CC1. The molecule has 1 aromatic heterocycles. The number of nitrogens with one attached hydrogen (secondary N) is 2. The summed E-state index contributed by atoms with van der Waals surface area (Å²) in [6.45, 7) is 2.05. The number of hydrogen-bond acceptors (Lipinski definition) is 2. The Hall–Kier alpha value is -1.81. The Bertz CT molecular complexity index is 638. The van der Waals surface area contributed by atoms with E-state index in [4.69, 9.17) is 0 Å². The minimum Gasteiger partial charge on any atom is -0.358 e. The maximum absolute atomic E-state index is 12.5. The van der Waals surface area contributed by atoms with Gasteiger partial charge >= 0.3 is 0 Å². The van der Waals surface area contributed by atoms with Crippen LogP contribution in [0, 0.1) is 6.92 Å². The van der Waals surface area contributed by atoms with Crippen molar-refractivity contribution in [2.45, 2.75) is 25.2 Å². The molecule has 3 rings (SSSR count). The van der Waals surface area contributed by atoms with Crippen molar-refractivity contribution in [2.24, 2.45) is 0 Å². The van der Waals surface area contributed by atoms with Gasteiger partial charge < -0.3 is 4.98 Å². The van der Waals surface area contributed by atoms with E-state index >= 15 is 0 Å². The smallest absolute Gasteiger partial charge is 0.244 e. The minimum atomic E-state index is -0.339. The maximum Gasteiger partial charge on any atom is 0.244 e. The molecule has 1 aliphatic carbocycles. The Morgan fingerprint density at radius 2 is 2.00 bits per heavy atom. The van der Waals surface area contributed by atoms with Crippen molar-refractivity contribution in [3.63, 3.8) is 0 Å². The van der Waals surface area contributed by atoms with Crippen LogP contribution in [-0.4, -0.2) is 30.0 Å². The van der Waals surface area contributed by atoms with E-state index in [-0.39, 0.29) is 11.3 Å². The number of aromatic nitrogens is 1. The molecular formula is C15H19N3O. The number of carbonyl (C=O) groups excluding carboxylic acids is 1. The van der Waals surface area contributed by atoms with Gasteiger partial charge in [0.1, 0.15) is 0 Å². The van der Waals surface area contributed by atoms with Gasteiger partial charge in [-0.2, -0.15) is 0 Å². The second-order valence-corrected chi connectivity index (χ2v) is 5.59. The zero-order valence-corrected chi connectivity index (χ0v) is 11.6. The van der Waals surface area contributed by atoms with Crippen LogP contribution < -0.4 is 5.43 Å². The third-order valence-corrected chi connectivity index (χ3v) is 3.88. The van der Waals surface area contributed by atoms with Gasteiger partial charge in [0.2, 0.25) is 5.91 Å². The highest BCUT2D eigenvalue weighted by Crippen LogP contribution is 2.51. The van der Waals surface area contributed by atoms with Crippen molar-refractivity contribution in [1.82, 2.24) is 15.4 Å². The number of hydrazine groups is 1. The van der Waals surface area contributed by atoms with Crippen LogP contribution in [0.2, 0.25) is 0 Å². The highest BCUT2D eigenvalue weighted by Gasteiger charge is 2.53. The molecule has 0 saturated heterocycles. The Balaban J connectivity index is 2.09. The standard InChI is InChI=1S/C15H19N3O/c1-10-13(11-6-4-5-7-12(11)16-10)15(8-9-15)14(19)17-18(2)3/h4-7,16H,8-9H2,1-3H3,(H,17,19). The Labute approximate surface area is 112 Å². The topological polar surface area (TPSA) is 48.1 Å². The first-order valence-corrected chi connectivity index (χ1v) is 6.61. The summed E-state index contributed by atoms with van der Waals surface area (Å²) in [6.07, 6.45) is 1.85. The van der Waals surface area contributed by atoms with Crippen LogP contribution in [0.1, 0.15) is 24.1 Å². The van der Waals surface area contributed by atoms with E-state index in [2.05, 4.69) is 29.5 Å². The summed E-state index contributed by atoms with van der Waals surface area (Å²) in [5.41, 5.74) is 5.95. The van der Waals surface area contributed by atoms with Gasteiger partial charge in [-0.05, 0) is 31.4 Å². The number of amides is 1. The van der Waals surface area contributed by atoms with Gasteiger partial charge in [0.15, 0.2) is 0 Å². The number of benzene rings is 1. The molecule has 2 aromatic rings. The predicted octanol–water partition coefficient (Wildman–Crippen LogP) is 2.10. The average molecular weight is 257 g/mol. The number of carbonyl (C=O) groups is 1. The summed E-state index contributed by atoms with van der Waals surface area (Å²) in [4.78, 5) is 15.9. The summed E-state index contributed by atoms with van der Waals surface area (Å²) in [6, 6.07) is 8.20. The molecule has 2 N–H and O–H groups in total. The number of fused-ring (bicyclic) bond motifs is 1. The van der Waals surface area contributed by atoms with E-state index in [1.165, 1.54) is 10.9 Å². The fourth-order valence-electron chi connectivity index (χ4n) is 2.92. The van der Waals surface area contributed by atoms with E-state index in [0.717, 1.165) is 24.1 Å². The van der Waals surface area contributed by atoms with Crippen LogP contribution in [0.4, 0.5) is 0 Å². The zero-order chi connectivity index (χ0) is 13.6. The van der Waals surface area contributed by atoms with Gasteiger partial charge in [-0.15, -0.1) is 0 Å². The van der Waals surface area contributed by atoms with Crippen molar-refractivity contribution < 1.29 is 4.79 Å². The molecule has 0 spiro atoms. The lowest BCUT2D eigenvalue weighted by Gasteiger charge is -2.19. The van der Waals surface area contributed by atoms with Crippen molar-refractivity contribution >= 4 is 16.8 Å². The zero-order valence-electron chi connectivity index (χ0n) is 11.6. The summed E-state index contributed by atoms with van der Waals surface area (Å²) in [5, 5.41) is 2.89. The van der Waals surface area contributed by atoms with Crippen LogP contribution >= 0.6 is 0 Å². The van der Waals surface area contributed by atoms with Gasteiger partial charge in [0.25, 0.3) is 0 Å². The summed E-state index contributed by atoms with van der Waals surface area (Å²) < 4.78 is 0. The molecule has 1 aromatic carbocycles. The number of aromatic amines is 1. The van der Waals surface area contributed by atoms with Crippen LogP contribution in [0.3, 0.4) is 0 Å². The quantitative estimate of drug-likeness (QED) is 0.827.